The molecule has 11 heteroatoms. The second-order valence-electron chi connectivity index (χ2n) is 6.39. The second-order valence-corrected chi connectivity index (χ2v) is 6.39. The summed E-state index contributed by atoms with van der Waals surface area (Å²) in [5.41, 5.74) is 1.04. The molecule has 0 aliphatic carbocycles. The Balaban J connectivity index is 2.32. The minimum Gasteiger partial charge on any atom is -0.480 e. The number of hydrogen-bond donors (Lipinski definition) is 5. The first-order chi connectivity index (χ1) is 13.7. The van der Waals surface area contributed by atoms with Crippen LogP contribution < -0.4 is 0 Å². The van der Waals surface area contributed by atoms with Gasteiger partial charge in [-0.2, -0.15) is 0 Å². The monoisotopic (exact) mass is 407 g/mol. The lowest BCUT2D eigenvalue weighted by Gasteiger charge is -2.29. The van der Waals surface area contributed by atoms with Gasteiger partial charge >= 0.3 is 23.9 Å². The third-order valence-corrected chi connectivity index (χ3v) is 4.27. The molecule has 0 radical (unpaired) electrons. The second kappa shape index (κ2) is 9.66. The standard InChI is InChI=1S/C18H21N3O8/c22-14(23)8-20(9-15(24)25)5-6-21(10-16(26)27)17(18(28)29)12-7-19-13-4-2-1-3-11(12)13/h1-4,7,17,19H,5-6,8-10H2,(H,22,23)(H,24,25)(H,26,27)(H,28,29). The lowest BCUT2D eigenvalue weighted by atomic mass is 10.0. The molecular formula is C18H21N3O8. The number of rotatable bonds is 12. The molecule has 1 aromatic carbocycles. The van der Waals surface area contributed by atoms with Gasteiger partial charge in [-0.1, -0.05) is 18.2 Å². The van der Waals surface area contributed by atoms with Crippen LogP contribution in [0.25, 0.3) is 10.9 Å². The minimum absolute atomic E-state index is 0.141. The predicted octanol–water partition coefficient (Wildman–Crippen LogP) is 0.151. The molecule has 0 aliphatic rings. The maximum Gasteiger partial charge on any atom is 0.325 e. The van der Waals surface area contributed by atoms with Gasteiger partial charge in [0.2, 0.25) is 0 Å². The molecule has 1 atom stereocenters. The van der Waals surface area contributed by atoms with Gasteiger partial charge in [0.1, 0.15) is 6.04 Å². The van der Waals surface area contributed by atoms with Gasteiger partial charge in [0, 0.05) is 35.8 Å². The number of hydrogen-bond acceptors (Lipinski definition) is 6. The van der Waals surface area contributed by atoms with Crippen molar-refractivity contribution in [3.63, 3.8) is 0 Å². The number of aromatic nitrogens is 1. The quantitative estimate of drug-likeness (QED) is 0.326. The zero-order valence-corrected chi connectivity index (χ0v) is 15.3. The van der Waals surface area contributed by atoms with E-state index in [2.05, 4.69) is 4.98 Å². The van der Waals surface area contributed by atoms with Crippen molar-refractivity contribution in [3.8, 4) is 0 Å². The molecule has 11 nitrogen and oxygen atoms in total. The maximum absolute atomic E-state index is 12.0. The fourth-order valence-electron chi connectivity index (χ4n) is 3.15. The van der Waals surface area contributed by atoms with Gasteiger partial charge in [0.25, 0.3) is 0 Å². The van der Waals surface area contributed by atoms with E-state index >= 15 is 0 Å². The number of nitrogens with zero attached hydrogens (tertiary/aromatic N) is 2. The third-order valence-electron chi connectivity index (χ3n) is 4.27. The number of fused-ring (bicyclic) bond motifs is 1. The largest absolute Gasteiger partial charge is 0.480 e. The Hall–Kier alpha value is -3.44. The van der Waals surface area contributed by atoms with Crippen LogP contribution in [-0.2, 0) is 19.2 Å². The Morgan fingerprint density at radius 3 is 2.00 bits per heavy atom. The summed E-state index contributed by atoms with van der Waals surface area (Å²) in [7, 11) is 0. The number of carboxylic acids is 4. The van der Waals surface area contributed by atoms with Gasteiger partial charge in [-0.25, -0.2) is 0 Å². The number of aromatic amines is 1. The predicted molar refractivity (Wildman–Crippen MR) is 99.6 cm³/mol. The summed E-state index contributed by atoms with van der Waals surface area (Å²) in [5, 5.41) is 37.5. The minimum atomic E-state index is -1.32. The highest BCUT2D eigenvalue weighted by atomic mass is 16.4. The highest BCUT2D eigenvalue weighted by Crippen LogP contribution is 2.28. The summed E-state index contributed by atoms with van der Waals surface area (Å²) in [4.78, 5) is 50.4. The molecule has 2 rings (SSSR count). The Morgan fingerprint density at radius 1 is 0.862 bits per heavy atom. The third kappa shape index (κ3) is 6.02. The van der Waals surface area contributed by atoms with Gasteiger partial charge in [0.05, 0.1) is 19.6 Å². The Morgan fingerprint density at radius 2 is 1.45 bits per heavy atom. The molecule has 5 N–H and O–H groups in total. The van der Waals surface area contributed by atoms with Gasteiger partial charge < -0.3 is 25.4 Å². The van der Waals surface area contributed by atoms with Gasteiger partial charge in [-0.05, 0) is 6.07 Å². The van der Waals surface area contributed by atoms with E-state index in [1.807, 2.05) is 0 Å². The highest BCUT2D eigenvalue weighted by Gasteiger charge is 2.31. The summed E-state index contributed by atoms with van der Waals surface area (Å²) in [6, 6.07) is 5.63. The van der Waals surface area contributed by atoms with E-state index in [-0.39, 0.29) is 13.1 Å². The first-order valence-electron chi connectivity index (χ1n) is 8.59. The van der Waals surface area contributed by atoms with Crippen molar-refractivity contribution in [2.75, 3.05) is 32.7 Å². The molecule has 0 saturated carbocycles. The van der Waals surface area contributed by atoms with Crippen LogP contribution in [-0.4, -0.2) is 91.8 Å². The van der Waals surface area contributed by atoms with Crippen LogP contribution in [0.15, 0.2) is 30.5 Å². The zero-order valence-electron chi connectivity index (χ0n) is 15.3. The van der Waals surface area contributed by atoms with Gasteiger partial charge in [-0.3, -0.25) is 29.0 Å². The molecule has 29 heavy (non-hydrogen) atoms. The van der Waals surface area contributed by atoms with Crippen molar-refractivity contribution in [1.82, 2.24) is 14.8 Å². The lowest BCUT2D eigenvalue weighted by molar-refractivity contribution is -0.148. The molecule has 1 unspecified atom stereocenters. The van der Waals surface area contributed by atoms with Crippen molar-refractivity contribution in [2.24, 2.45) is 0 Å². The normalized spacial score (nSPS) is 12.3. The van der Waals surface area contributed by atoms with Gasteiger partial charge in [0.15, 0.2) is 0 Å². The average Bonchev–Trinajstić information content (AvgIpc) is 3.01. The zero-order chi connectivity index (χ0) is 21.6. The Labute approximate surface area is 164 Å². The van der Waals surface area contributed by atoms with Crippen LogP contribution >= 0.6 is 0 Å². The van der Waals surface area contributed by atoms with Crippen molar-refractivity contribution >= 4 is 34.8 Å². The Kier molecular flexibility index (Phi) is 7.28. The molecule has 156 valence electrons. The molecule has 1 aromatic heterocycles. The number of para-hydroxylation sites is 1. The highest BCUT2D eigenvalue weighted by molar-refractivity contribution is 5.89. The fraction of sp³-hybridized carbons (Fsp3) is 0.333. The summed E-state index contributed by atoms with van der Waals surface area (Å²) in [6.07, 6.45) is 1.49. The average molecular weight is 407 g/mol. The van der Waals surface area contributed by atoms with Gasteiger partial charge in [-0.15, -0.1) is 0 Å². The topological polar surface area (TPSA) is 171 Å². The van der Waals surface area contributed by atoms with Crippen LogP contribution in [0, 0.1) is 0 Å². The van der Waals surface area contributed by atoms with Crippen LogP contribution in [0.1, 0.15) is 11.6 Å². The summed E-state index contributed by atoms with van der Waals surface area (Å²) < 4.78 is 0. The number of nitrogens with one attached hydrogen (secondary N) is 1. The summed E-state index contributed by atoms with van der Waals surface area (Å²) >= 11 is 0. The van der Waals surface area contributed by atoms with Crippen LogP contribution in [0.5, 0.6) is 0 Å². The van der Waals surface area contributed by atoms with E-state index in [0.29, 0.717) is 16.5 Å². The number of carbonyl (C=O) groups is 4. The maximum atomic E-state index is 12.0. The Bertz CT molecular complexity index is 893. The molecule has 1 heterocycles. The molecule has 0 spiro atoms. The van der Waals surface area contributed by atoms with Crippen molar-refractivity contribution in [3.05, 3.63) is 36.0 Å². The van der Waals surface area contributed by atoms with E-state index in [0.717, 1.165) is 9.80 Å². The fourth-order valence-corrected chi connectivity index (χ4v) is 3.15. The first-order valence-corrected chi connectivity index (χ1v) is 8.59. The van der Waals surface area contributed by atoms with Crippen molar-refractivity contribution < 1.29 is 39.6 Å². The molecule has 0 aliphatic heterocycles. The number of carboxylic acid groups (broad SMARTS) is 4. The van der Waals surface area contributed by atoms with E-state index in [1.54, 1.807) is 24.3 Å². The van der Waals surface area contributed by atoms with Crippen LogP contribution in [0.4, 0.5) is 0 Å². The SMILES string of the molecule is O=C(O)CN(CCN(CC(=O)O)C(C(=O)O)c1c[nH]c2ccccc12)CC(=O)O. The molecule has 0 fully saturated rings. The summed E-state index contributed by atoms with van der Waals surface area (Å²) in [6.45, 7) is -2.07. The number of benzene rings is 1. The van der Waals surface area contributed by atoms with Crippen LogP contribution in [0.3, 0.4) is 0 Å². The first kappa shape index (κ1) is 21.9. The van der Waals surface area contributed by atoms with E-state index < -0.39 is 49.6 Å². The van der Waals surface area contributed by atoms with E-state index in [9.17, 15) is 29.4 Å². The number of H-pyrrole nitrogens is 1. The molecule has 0 saturated heterocycles. The van der Waals surface area contributed by atoms with E-state index in [1.165, 1.54) is 6.20 Å². The molecule has 0 bridgehead atoms. The lowest BCUT2D eigenvalue weighted by Crippen LogP contribution is -2.44. The van der Waals surface area contributed by atoms with E-state index in [4.69, 9.17) is 10.2 Å². The molecule has 0 amide bonds. The smallest absolute Gasteiger partial charge is 0.325 e. The van der Waals surface area contributed by atoms with Crippen molar-refractivity contribution in [1.29, 1.82) is 0 Å². The molecule has 2 aromatic rings. The molecular weight excluding hydrogens is 386 g/mol. The number of aliphatic carboxylic acids is 4. The summed E-state index contributed by atoms with van der Waals surface area (Å²) in [5.74, 6) is -5.04. The van der Waals surface area contributed by atoms with Crippen LogP contribution in [0.2, 0.25) is 0 Å². The van der Waals surface area contributed by atoms with Crippen molar-refractivity contribution in [2.45, 2.75) is 6.04 Å².